The predicted molar refractivity (Wildman–Crippen MR) is 404 cm³/mol. The van der Waals surface area contributed by atoms with Crippen molar-refractivity contribution in [1.82, 2.24) is 69.8 Å². The topological polar surface area (TPSA) is 342 Å². The Bertz CT molecular complexity index is 4640. The fourth-order valence-corrected chi connectivity index (χ4v) is 11.8. The first-order valence-corrected chi connectivity index (χ1v) is 34.6. The number of nitrogens with zero attached hydrogens (tertiary/aromatic N) is 20. The summed E-state index contributed by atoms with van der Waals surface area (Å²) in [7, 11) is 13.0. The molecule has 0 unspecified atom stereocenters. The number of carbonyl (C=O) groups is 5. The van der Waals surface area contributed by atoms with E-state index in [1.807, 2.05) is 99.5 Å². The molecule has 4 aliphatic heterocycles. The Morgan fingerprint density at radius 3 is 1.01 bits per heavy atom. The molecule has 4 aliphatic rings. The minimum absolute atomic E-state index is 0.0186. The highest BCUT2D eigenvalue weighted by molar-refractivity contribution is 6.32. The summed E-state index contributed by atoms with van der Waals surface area (Å²) in [4.78, 5) is 130. The predicted octanol–water partition coefficient (Wildman–Crippen LogP) is 11.0. The quantitative estimate of drug-likeness (QED) is 0.0406. The number of hydrogen-bond acceptors (Lipinski definition) is 29. The number of carboxylic acids is 1. The van der Waals surface area contributed by atoms with Crippen molar-refractivity contribution < 1.29 is 48.0 Å². The van der Waals surface area contributed by atoms with E-state index in [0.29, 0.717) is 46.5 Å². The van der Waals surface area contributed by atoms with E-state index in [1.54, 1.807) is 48.6 Å². The number of allylic oxidation sites excluding steroid dienone is 1. The molecule has 0 atom stereocenters. The second kappa shape index (κ2) is 37.8. The molecule has 0 saturated carbocycles. The summed E-state index contributed by atoms with van der Waals surface area (Å²) >= 11 is 16.7. The largest absolute Gasteiger partial charge is 0.477 e. The number of fused-ring (bicyclic) bond motifs is 2. The number of anilines is 6. The number of carboxylic acid groups (broad SMARTS) is 1. The van der Waals surface area contributed by atoms with Crippen LogP contribution in [-0.4, -0.2) is 214 Å². The van der Waals surface area contributed by atoms with Gasteiger partial charge in [-0.05, 0) is 136 Å². The lowest BCUT2D eigenvalue weighted by Crippen LogP contribution is -2.20. The number of methoxy groups -OCH3 is 4. The third kappa shape index (κ3) is 21.7. The maximum atomic E-state index is 12.1. The molecular formula is C72H79Cl3N20O10. The van der Waals surface area contributed by atoms with E-state index >= 15 is 0 Å². The second-order valence-electron chi connectivity index (χ2n) is 24.0. The van der Waals surface area contributed by atoms with E-state index in [2.05, 4.69) is 98.8 Å². The molecule has 105 heavy (non-hydrogen) atoms. The van der Waals surface area contributed by atoms with Gasteiger partial charge >= 0.3 is 29.8 Å². The summed E-state index contributed by atoms with van der Waals surface area (Å²) in [6.45, 7) is 9.31. The minimum Gasteiger partial charge on any atom is -0.477 e. The van der Waals surface area contributed by atoms with Crippen LogP contribution in [0.1, 0.15) is 140 Å². The van der Waals surface area contributed by atoms with Gasteiger partial charge in [0.05, 0.1) is 39.5 Å². The second-order valence-corrected chi connectivity index (χ2v) is 25.0. The number of ether oxygens (including phenoxy) is 4. The lowest BCUT2D eigenvalue weighted by atomic mass is 10.2. The maximum Gasteiger partial charge on any atom is 0.356 e. The zero-order chi connectivity index (χ0) is 75.1. The average molecular weight is 1490 g/mol. The van der Waals surface area contributed by atoms with Crippen molar-refractivity contribution in [3.05, 3.63) is 158 Å². The van der Waals surface area contributed by atoms with Gasteiger partial charge in [0, 0.05) is 122 Å². The number of esters is 4. The molecule has 13 rings (SSSR count). The third-order valence-electron chi connectivity index (χ3n) is 16.2. The van der Waals surface area contributed by atoms with Gasteiger partial charge in [-0.1, -0.05) is 41.9 Å². The van der Waals surface area contributed by atoms with E-state index in [9.17, 15) is 29.1 Å². The minimum atomic E-state index is -1.07. The molecule has 0 bridgehead atoms. The summed E-state index contributed by atoms with van der Waals surface area (Å²) in [5, 5.41) is 11.5. The molecule has 0 aliphatic carbocycles. The Labute approximate surface area is 621 Å². The molecule has 548 valence electrons. The molecule has 9 aromatic rings. The van der Waals surface area contributed by atoms with Gasteiger partial charge in [-0.15, -0.1) is 0 Å². The van der Waals surface area contributed by atoms with E-state index < -0.39 is 29.8 Å². The van der Waals surface area contributed by atoms with Crippen molar-refractivity contribution >= 4 is 152 Å². The van der Waals surface area contributed by atoms with Crippen molar-refractivity contribution in [1.29, 1.82) is 0 Å². The van der Waals surface area contributed by atoms with Crippen LogP contribution in [0, 0.1) is 0 Å². The van der Waals surface area contributed by atoms with Crippen LogP contribution in [0.4, 0.5) is 34.9 Å². The van der Waals surface area contributed by atoms with Crippen molar-refractivity contribution in [2.24, 2.45) is 0 Å². The van der Waals surface area contributed by atoms with E-state index in [1.165, 1.54) is 40.6 Å². The summed E-state index contributed by atoms with van der Waals surface area (Å²) in [5.74, 6) is 3.80. The van der Waals surface area contributed by atoms with E-state index in [0.717, 1.165) is 149 Å². The number of para-hydroxylation sites is 2. The number of rotatable bonds is 16. The summed E-state index contributed by atoms with van der Waals surface area (Å²) in [6.07, 6.45) is 19.5. The van der Waals surface area contributed by atoms with Crippen LogP contribution in [-0.2, 0) is 18.9 Å². The maximum absolute atomic E-state index is 12.1. The van der Waals surface area contributed by atoms with Crippen LogP contribution < -0.4 is 29.4 Å². The standard InChI is InChI=1S/C22H24N6O2.C21H22N6O2.C13H17N3O2.C10H12ClN3O2.C6H4Cl2N2O2/c1-27(2)21-15-8-4-5-9-16(15)23-19(26-21)11-10-18-24-17(22(29)30-3)14-20(25-18)28-12-6-7-13-28;1-26(2)20-14-7-3-4-8-15(14)22-18(25-20)10-9-17-23-16(21(28)29)13-19(24-17)27-11-5-6-12-27;1-3-6-11-14-10(13(17)18-2)9-12(15-11)16-7-4-5-8-16;1-16-9(15)7-6-8(13-10(11)12-7)14-4-2-3-5-14;1-12-5(11)3-2-4(7)10-6(8)9-3/h4-5,8-11,14H,6-7,12-13H2,1-3H3;3-4,7-10,13H,5-6,11-12H2,1-2H3,(H,28,29);3,6,9H,4-5,7-8H2,1-2H3;6H,2-5H2,1H3;2H,1H3/b11-10+;10-9+;6-3+;;. The monoisotopic (exact) mass is 1490 g/mol. The zero-order valence-corrected chi connectivity index (χ0v) is 61.8. The highest BCUT2D eigenvalue weighted by Crippen LogP contribution is 2.28. The summed E-state index contributed by atoms with van der Waals surface area (Å²) in [5.41, 5.74) is 2.47. The van der Waals surface area contributed by atoms with Crippen molar-refractivity contribution in [2.75, 3.05) is 138 Å². The highest BCUT2D eigenvalue weighted by Gasteiger charge is 2.23. The highest BCUT2D eigenvalue weighted by atomic mass is 35.5. The smallest absolute Gasteiger partial charge is 0.356 e. The van der Waals surface area contributed by atoms with Gasteiger partial charge in [0.2, 0.25) is 10.6 Å². The Hall–Kier alpha value is -11.2. The molecule has 7 aromatic heterocycles. The van der Waals surface area contributed by atoms with Gasteiger partial charge in [-0.3, -0.25) is 0 Å². The number of aromatic nitrogens is 14. The molecule has 4 saturated heterocycles. The number of benzene rings is 2. The van der Waals surface area contributed by atoms with Crippen molar-refractivity contribution in [3.8, 4) is 0 Å². The number of hydrogen-bond donors (Lipinski definition) is 1. The molecule has 0 radical (unpaired) electrons. The molecule has 33 heteroatoms. The fraction of sp³-hybridized carbons (Fsp3) is 0.347. The Kier molecular flexibility index (Phi) is 28.0. The van der Waals surface area contributed by atoms with E-state index in [4.69, 9.17) is 44.3 Å². The first kappa shape index (κ1) is 77.9. The number of halogens is 3. The van der Waals surface area contributed by atoms with Crippen LogP contribution in [0.25, 0.3) is 52.2 Å². The zero-order valence-electron chi connectivity index (χ0n) is 59.5. The fourth-order valence-electron chi connectivity index (χ4n) is 11.2. The van der Waals surface area contributed by atoms with Gasteiger partial charge in [-0.2, -0.15) is 0 Å². The third-order valence-corrected chi connectivity index (χ3v) is 16.7. The van der Waals surface area contributed by atoms with Gasteiger partial charge in [-0.25, -0.2) is 93.7 Å². The Morgan fingerprint density at radius 2 is 0.676 bits per heavy atom. The van der Waals surface area contributed by atoms with Crippen LogP contribution >= 0.6 is 34.8 Å². The molecule has 0 amide bonds. The Morgan fingerprint density at radius 1 is 0.381 bits per heavy atom. The van der Waals surface area contributed by atoms with Crippen LogP contribution in [0.3, 0.4) is 0 Å². The van der Waals surface area contributed by atoms with Gasteiger partial charge in [0.15, 0.2) is 57.6 Å². The van der Waals surface area contributed by atoms with Gasteiger partial charge < -0.3 is 53.5 Å². The lowest BCUT2D eigenvalue weighted by Gasteiger charge is -2.17. The summed E-state index contributed by atoms with van der Waals surface area (Å²) < 4.78 is 18.6. The van der Waals surface area contributed by atoms with E-state index in [-0.39, 0.29) is 38.5 Å². The number of aromatic carboxylic acids is 1. The molecule has 1 N–H and O–H groups in total. The molecule has 2 aromatic carbocycles. The Balaban J connectivity index is 0.000000158. The van der Waals surface area contributed by atoms with Gasteiger partial charge in [0.1, 0.15) is 40.1 Å². The van der Waals surface area contributed by atoms with Crippen LogP contribution in [0.5, 0.6) is 0 Å². The number of carbonyl (C=O) groups excluding carboxylic acids is 4. The van der Waals surface area contributed by atoms with Gasteiger partial charge in [0.25, 0.3) is 0 Å². The molecule has 11 heterocycles. The van der Waals surface area contributed by atoms with Crippen LogP contribution in [0.15, 0.2) is 84.9 Å². The normalized spacial score (nSPS) is 13.9. The average Bonchev–Trinajstić information content (AvgIpc) is 1.48. The first-order chi connectivity index (χ1) is 50.6. The first-order valence-electron chi connectivity index (χ1n) is 33.5. The van der Waals surface area contributed by atoms with Crippen molar-refractivity contribution in [3.63, 3.8) is 0 Å². The molecule has 30 nitrogen and oxygen atoms in total. The molecular weight excluding hydrogens is 1410 g/mol. The van der Waals surface area contributed by atoms with Crippen LogP contribution in [0.2, 0.25) is 15.7 Å². The summed E-state index contributed by atoms with van der Waals surface area (Å²) in [6, 6.07) is 23.5. The SMILES string of the molecule is C/C=C/c1nc(C(=O)OC)cc(N2CCCC2)n1.CN(C)c1nc(/C=C/c2nc(C(=O)O)cc(N3CCCC3)n2)nc2ccccc12.COC(=O)c1cc(Cl)nc(Cl)n1.COC(=O)c1cc(N2CCCC2)nc(/C=C/c2nc(N(C)C)c3ccccc3n2)n1.COC(=O)c1cc(N2CCCC2)nc(Cl)n1. The van der Waals surface area contributed by atoms with Crippen molar-refractivity contribution in [2.45, 2.75) is 58.3 Å². The molecule has 0 spiro atoms. The molecule has 4 fully saturated rings. The lowest BCUT2D eigenvalue weighted by molar-refractivity contribution is 0.0585.